The van der Waals surface area contributed by atoms with Gasteiger partial charge in [0.2, 0.25) is 5.91 Å². The number of amides is 1. The van der Waals surface area contributed by atoms with Crippen molar-refractivity contribution < 1.29 is 22.7 Å². The van der Waals surface area contributed by atoms with Crippen molar-refractivity contribution in [3.05, 3.63) is 29.8 Å². The minimum Gasteiger partial charge on any atom is -0.494 e. The molecule has 1 N–H and O–H groups in total. The minimum absolute atomic E-state index is 0. The third kappa shape index (κ3) is 6.62. The standard InChI is InChI=1S/C23H28F3N5O2S.3ClH/c1-33-19-4-2-3-16-17(23(24,25)26)12-20(28-21(16)19)30-7-5-29(6-8-30)15-11-18(27-13-15)22(32)31-9-10-34-14-31;;;/h2-4,12,15,18,27H,5-11,13-14H2,1H3;3*1H/t15-,18-;;;/m0.../s1. The number of aromatic nitrogens is 1. The molecule has 3 fully saturated rings. The molecule has 0 bridgehead atoms. The Kier molecular flexibility index (Phi) is 11.3. The summed E-state index contributed by atoms with van der Waals surface area (Å²) in [6, 6.07) is 5.86. The molecule has 4 heterocycles. The number of carbonyl (C=O) groups is 1. The quantitative estimate of drug-likeness (QED) is 0.568. The molecule has 0 saturated carbocycles. The number of thioether (sulfide) groups is 1. The van der Waals surface area contributed by atoms with Gasteiger partial charge in [-0.3, -0.25) is 9.69 Å². The fourth-order valence-corrected chi connectivity index (χ4v) is 6.03. The molecule has 0 unspecified atom stereocenters. The number of nitrogens with zero attached hydrogens (tertiary/aromatic N) is 4. The van der Waals surface area contributed by atoms with Crippen LogP contribution < -0.4 is 15.0 Å². The number of hydrogen-bond acceptors (Lipinski definition) is 7. The lowest BCUT2D eigenvalue weighted by atomic mass is 10.1. The first-order valence-electron chi connectivity index (χ1n) is 11.5. The highest BCUT2D eigenvalue weighted by Gasteiger charge is 2.38. The predicted octanol–water partition coefficient (Wildman–Crippen LogP) is 3.91. The van der Waals surface area contributed by atoms with Crippen molar-refractivity contribution in [1.29, 1.82) is 0 Å². The van der Waals surface area contributed by atoms with Crippen molar-refractivity contribution in [2.45, 2.75) is 24.7 Å². The van der Waals surface area contributed by atoms with Gasteiger partial charge in [-0.2, -0.15) is 13.2 Å². The number of hydrogen-bond donors (Lipinski definition) is 1. The molecule has 3 aliphatic rings. The number of pyridine rings is 1. The molecule has 1 aromatic heterocycles. The average molecular weight is 605 g/mol. The Bertz CT molecular complexity index is 1070. The molecule has 7 nitrogen and oxygen atoms in total. The van der Waals surface area contributed by atoms with Crippen LogP contribution in [0.3, 0.4) is 0 Å². The summed E-state index contributed by atoms with van der Waals surface area (Å²) < 4.78 is 46.8. The summed E-state index contributed by atoms with van der Waals surface area (Å²) in [6.07, 6.45) is -3.72. The zero-order valence-electron chi connectivity index (χ0n) is 20.2. The number of alkyl halides is 3. The Morgan fingerprint density at radius 1 is 1.14 bits per heavy atom. The van der Waals surface area contributed by atoms with Crippen LogP contribution in [0.5, 0.6) is 5.75 Å². The van der Waals surface area contributed by atoms with E-state index in [1.54, 1.807) is 23.9 Å². The molecular weight excluding hydrogens is 574 g/mol. The van der Waals surface area contributed by atoms with Gasteiger partial charge in [0, 0.05) is 56.4 Å². The maximum Gasteiger partial charge on any atom is 0.417 e. The van der Waals surface area contributed by atoms with E-state index < -0.39 is 11.7 Å². The van der Waals surface area contributed by atoms with Crippen LogP contribution in [0.4, 0.5) is 19.0 Å². The monoisotopic (exact) mass is 603 g/mol. The van der Waals surface area contributed by atoms with Gasteiger partial charge >= 0.3 is 6.18 Å². The van der Waals surface area contributed by atoms with Crippen LogP contribution in [0.15, 0.2) is 24.3 Å². The van der Waals surface area contributed by atoms with E-state index in [9.17, 15) is 18.0 Å². The van der Waals surface area contributed by atoms with Crippen molar-refractivity contribution in [2.24, 2.45) is 0 Å². The summed E-state index contributed by atoms with van der Waals surface area (Å²) in [5.41, 5.74) is -0.478. The largest absolute Gasteiger partial charge is 0.494 e. The predicted molar refractivity (Wildman–Crippen MR) is 148 cm³/mol. The van der Waals surface area contributed by atoms with Gasteiger partial charge in [-0.1, -0.05) is 12.1 Å². The second-order valence-electron chi connectivity index (χ2n) is 8.89. The molecule has 37 heavy (non-hydrogen) atoms. The number of nitrogens with one attached hydrogen (secondary N) is 1. The van der Waals surface area contributed by atoms with Crippen LogP contribution >= 0.6 is 49.0 Å². The lowest BCUT2D eigenvalue weighted by Crippen LogP contribution is -2.51. The molecule has 0 radical (unpaired) electrons. The van der Waals surface area contributed by atoms with Gasteiger partial charge in [0.15, 0.2) is 0 Å². The lowest BCUT2D eigenvalue weighted by Gasteiger charge is -2.38. The van der Waals surface area contributed by atoms with E-state index in [0.717, 1.165) is 37.2 Å². The number of halogens is 6. The number of para-hydroxylation sites is 1. The van der Waals surface area contributed by atoms with Crippen molar-refractivity contribution in [3.8, 4) is 5.75 Å². The SMILES string of the molecule is COc1cccc2c(C(F)(F)F)cc(N3CCN([C@@H]4CN[C@H](C(=O)N5CCSC5)C4)CC3)nc12.Cl.Cl.Cl. The zero-order valence-corrected chi connectivity index (χ0v) is 23.5. The number of methoxy groups -OCH3 is 1. The van der Waals surface area contributed by atoms with Gasteiger partial charge in [0.1, 0.15) is 17.1 Å². The molecule has 2 atom stereocenters. The molecule has 2 aromatic rings. The van der Waals surface area contributed by atoms with Crippen LogP contribution in [-0.2, 0) is 11.0 Å². The van der Waals surface area contributed by atoms with Crippen LogP contribution in [-0.4, -0.2) is 90.8 Å². The van der Waals surface area contributed by atoms with Gasteiger partial charge < -0.3 is 19.9 Å². The van der Waals surface area contributed by atoms with Crippen molar-refractivity contribution in [2.75, 3.05) is 62.9 Å². The summed E-state index contributed by atoms with van der Waals surface area (Å²) in [5.74, 6) is 2.58. The molecule has 0 aliphatic carbocycles. The highest BCUT2D eigenvalue weighted by molar-refractivity contribution is 7.99. The lowest BCUT2D eigenvalue weighted by molar-refractivity contribution is -0.136. The summed E-state index contributed by atoms with van der Waals surface area (Å²) in [4.78, 5) is 23.4. The summed E-state index contributed by atoms with van der Waals surface area (Å²) in [6.45, 7) is 4.13. The highest BCUT2D eigenvalue weighted by Crippen LogP contribution is 2.39. The zero-order chi connectivity index (χ0) is 23.9. The van der Waals surface area contributed by atoms with Crippen molar-refractivity contribution in [3.63, 3.8) is 0 Å². The molecule has 3 aliphatic heterocycles. The van der Waals surface area contributed by atoms with E-state index in [1.807, 2.05) is 9.80 Å². The normalized spacial score (nSPS) is 22.3. The van der Waals surface area contributed by atoms with E-state index in [0.29, 0.717) is 37.7 Å². The Morgan fingerprint density at radius 3 is 2.49 bits per heavy atom. The second kappa shape index (κ2) is 13.1. The Labute approximate surface area is 237 Å². The second-order valence-corrected chi connectivity index (χ2v) is 9.97. The first-order valence-corrected chi connectivity index (χ1v) is 12.6. The summed E-state index contributed by atoms with van der Waals surface area (Å²) in [7, 11) is 1.44. The van der Waals surface area contributed by atoms with E-state index in [4.69, 9.17) is 4.74 Å². The minimum atomic E-state index is -4.49. The molecule has 208 valence electrons. The van der Waals surface area contributed by atoms with Crippen LogP contribution in [0, 0.1) is 0 Å². The van der Waals surface area contributed by atoms with E-state index >= 15 is 0 Å². The van der Waals surface area contributed by atoms with E-state index in [-0.39, 0.29) is 66.1 Å². The molecule has 1 amide bonds. The van der Waals surface area contributed by atoms with Crippen LogP contribution in [0.1, 0.15) is 12.0 Å². The van der Waals surface area contributed by atoms with E-state index in [2.05, 4.69) is 15.2 Å². The van der Waals surface area contributed by atoms with Gasteiger partial charge in [-0.05, 0) is 18.6 Å². The smallest absolute Gasteiger partial charge is 0.417 e. The first kappa shape index (κ1) is 31.8. The van der Waals surface area contributed by atoms with Crippen LogP contribution in [0.2, 0.25) is 0 Å². The number of benzene rings is 1. The van der Waals surface area contributed by atoms with Crippen LogP contribution in [0.25, 0.3) is 10.9 Å². The number of ether oxygens (including phenoxy) is 1. The Hall–Kier alpha value is -1.37. The maximum absolute atomic E-state index is 13.8. The maximum atomic E-state index is 13.8. The Morgan fingerprint density at radius 2 is 1.86 bits per heavy atom. The molecule has 0 spiro atoms. The third-order valence-corrected chi connectivity index (χ3v) is 7.90. The average Bonchev–Trinajstić information content (AvgIpc) is 3.55. The van der Waals surface area contributed by atoms with Gasteiger partial charge in [0.25, 0.3) is 0 Å². The molecular formula is C23H31Cl3F3N5O2S. The molecule has 14 heteroatoms. The summed E-state index contributed by atoms with van der Waals surface area (Å²) >= 11 is 1.78. The highest BCUT2D eigenvalue weighted by atomic mass is 35.5. The van der Waals surface area contributed by atoms with Gasteiger partial charge in [-0.25, -0.2) is 4.98 Å². The Balaban J connectivity index is 0.00000160. The van der Waals surface area contributed by atoms with Crippen molar-refractivity contribution in [1.82, 2.24) is 20.1 Å². The fourth-order valence-electron chi connectivity index (χ4n) is 5.08. The molecule has 3 saturated heterocycles. The fraction of sp³-hybridized carbons (Fsp3) is 0.565. The van der Waals surface area contributed by atoms with Gasteiger partial charge in [0.05, 0.1) is 24.6 Å². The number of carbonyl (C=O) groups excluding carboxylic acids is 1. The number of rotatable bonds is 4. The van der Waals surface area contributed by atoms with Crippen molar-refractivity contribution >= 4 is 71.6 Å². The van der Waals surface area contributed by atoms with Gasteiger partial charge in [-0.15, -0.1) is 49.0 Å². The van der Waals surface area contributed by atoms with E-state index in [1.165, 1.54) is 13.2 Å². The molecule has 5 rings (SSSR count). The third-order valence-electron chi connectivity index (χ3n) is 6.94. The first-order chi connectivity index (χ1) is 16.3. The molecule has 1 aromatic carbocycles. The number of fused-ring (bicyclic) bond motifs is 1. The number of anilines is 1. The topological polar surface area (TPSA) is 60.9 Å². The summed E-state index contributed by atoms with van der Waals surface area (Å²) in [5, 5.41) is 3.41. The number of piperazine rings is 1.